The van der Waals surface area contributed by atoms with E-state index >= 15 is 0 Å². The molecule has 1 unspecified atom stereocenters. The SMILES string of the molecule is CCOC(=O)CCNC(=O)c1ccc(NC(c2oc3ccc(OCc4ccccc4)cc3c2C)C(C)C)cc1. The molecule has 204 valence electrons. The van der Waals surface area contributed by atoms with Crippen molar-refractivity contribution in [2.45, 2.75) is 46.8 Å². The van der Waals surface area contributed by atoms with Gasteiger partial charge in [0.2, 0.25) is 0 Å². The minimum Gasteiger partial charge on any atom is -0.489 e. The van der Waals surface area contributed by atoms with E-state index in [0.717, 1.165) is 39.3 Å². The van der Waals surface area contributed by atoms with Crippen LogP contribution in [0.25, 0.3) is 11.0 Å². The molecule has 0 spiro atoms. The zero-order valence-corrected chi connectivity index (χ0v) is 23.0. The minimum absolute atomic E-state index is 0.0738. The highest BCUT2D eigenvalue weighted by Gasteiger charge is 2.24. The van der Waals surface area contributed by atoms with Gasteiger partial charge in [0.15, 0.2) is 0 Å². The average molecular weight is 529 g/mol. The third-order valence-corrected chi connectivity index (χ3v) is 6.53. The van der Waals surface area contributed by atoms with E-state index in [9.17, 15) is 9.59 Å². The molecule has 0 bridgehead atoms. The van der Waals surface area contributed by atoms with Gasteiger partial charge in [-0.05, 0) is 67.8 Å². The molecule has 0 aliphatic heterocycles. The number of esters is 1. The van der Waals surface area contributed by atoms with Gasteiger partial charge in [0, 0.05) is 28.7 Å². The Morgan fingerprint density at radius 3 is 2.41 bits per heavy atom. The van der Waals surface area contributed by atoms with Crippen LogP contribution in [0.1, 0.15) is 60.5 Å². The number of carbonyl (C=O) groups is 2. The van der Waals surface area contributed by atoms with E-state index in [1.165, 1.54) is 0 Å². The van der Waals surface area contributed by atoms with E-state index in [1.807, 2.05) is 60.7 Å². The van der Waals surface area contributed by atoms with E-state index in [-0.39, 0.29) is 36.8 Å². The first-order valence-corrected chi connectivity index (χ1v) is 13.4. The van der Waals surface area contributed by atoms with Gasteiger partial charge in [-0.3, -0.25) is 9.59 Å². The van der Waals surface area contributed by atoms with Gasteiger partial charge in [-0.15, -0.1) is 0 Å². The Morgan fingerprint density at radius 2 is 1.72 bits per heavy atom. The predicted molar refractivity (Wildman–Crippen MR) is 153 cm³/mol. The summed E-state index contributed by atoms with van der Waals surface area (Å²) < 4.78 is 17.3. The highest BCUT2D eigenvalue weighted by molar-refractivity contribution is 5.94. The van der Waals surface area contributed by atoms with Crippen molar-refractivity contribution in [3.05, 3.63) is 95.2 Å². The summed E-state index contributed by atoms with van der Waals surface area (Å²) >= 11 is 0. The number of anilines is 1. The van der Waals surface area contributed by atoms with Crippen LogP contribution in [0, 0.1) is 12.8 Å². The molecule has 0 saturated carbocycles. The van der Waals surface area contributed by atoms with E-state index in [0.29, 0.717) is 18.8 Å². The molecule has 1 aromatic heterocycles. The maximum Gasteiger partial charge on any atom is 0.307 e. The van der Waals surface area contributed by atoms with Crippen LogP contribution in [-0.2, 0) is 16.1 Å². The first-order chi connectivity index (χ1) is 18.9. The molecular weight excluding hydrogens is 492 g/mol. The third kappa shape index (κ3) is 7.19. The molecule has 0 saturated heterocycles. The topological polar surface area (TPSA) is 89.8 Å². The molecule has 1 heterocycles. The second-order valence-corrected chi connectivity index (χ2v) is 9.78. The van der Waals surface area contributed by atoms with Crippen molar-refractivity contribution in [1.29, 1.82) is 0 Å². The van der Waals surface area contributed by atoms with Crippen molar-refractivity contribution in [2.24, 2.45) is 5.92 Å². The van der Waals surface area contributed by atoms with Gasteiger partial charge in [-0.2, -0.15) is 0 Å². The fraction of sp³-hybridized carbons (Fsp3) is 0.312. The molecule has 3 aromatic carbocycles. The van der Waals surface area contributed by atoms with E-state index in [4.69, 9.17) is 13.9 Å². The summed E-state index contributed by atoms with van der Waals surface area (Å²) in [6.45, 7) is 9.18. The quantitative estimate of drug-likeness (QED) is 0.196. The molecular formula is C32H36N2O5. The summed E-state index contributed by atoms with van der Waals surface area (Å²) in [5, 5.41) is 7.36. The fourth-order valence-corrected chi connectivity index (χ4v) is 4.39. The minimum atomic E-state index is -0.325. The number of aryl methyl sites for hydroxylation is 1. The fourth-order valence-electron chi connectivity index (χ4n) is 4.39. The second kappa shape index (κ2) is 13.0. The lowest BCUT2D eigenvalue weighted by atomic mass is 9.97. The number of carbonyl (C=O) groups excluding carboxylic acids is 2. The lowest BCUT2D eigenvalue weighted by Gasteiger charge is -2.22. The molecule has 4 aromatic rings. The smallest absolute Gasteiger partial charge is 0.307 e. The summed E-state index contributed by atoms with van der Waals surface area (Å²) in [4.78, 5) is 23.9. The third-order valence-electron chi connectivity index (χ3n) is 6.53. The van der Waals surface area contributed by atoms with Crippen molar-refractivity contribution in [3.8, 4) is 5.75 Å². The number of hydrogen-bond acceptors (Lipinski definition) is 6. The maximum absolute atomic E-state index is 12.4. The molecule has 39 heavy (non-hydrogen) atoms. The van der Waals surface area contributed by atoms with E-state index < -0.39 is 0 Å². The second-order valence-electron chi connectivity index (χ2n) is 9.78. The van der Waals surface area contributed by atoms with Gasteiger partial charge in [0.25, 0.3) is 5.91 Å². The van der Waals surface area contributed by atoms with E-state index in [1.54, 1.807) is 19.1 Å². The largest absolute Gasteiger partial charge is 0.489 e. The standard InChI is InChI=1S/C32H36N2O5/c1-5-37-29(35)17-18-33-32(36)24-11-13-25(14-12-24)34-30(21(2)3)31-22(4)27-19-26(15-16-28(27)39-31)38-20-23-9-7-6-8-10-23/h6-16,19,21,30,34H,5,17-18,20H2,1-4H3,(H,33,36). The average Bonchev–Trinajstić information content (AvgIpc) is 3.26. The summed E-state index contributed by atoms with van der Waals surface area (Å²) in [6.07, 6.45) is 0.146. The zero-order valence-electron chi connectivity index (χ0n) is 23.0. The molecule has 0 aliphatic rings. The van der Waals surface area contributed by atoms with Crippen LogP contribution in [-0.4, -0.2) is 25.0 Å². The van der Waals surface area contributed by atoms with Crippen molar-refractivity contribution in [3.63, 3.8) is 0 Å². The molecule has 7 heteroatoms. The number of rotatable bonds is 12. The Bertz CT molecular complexity index is 1390. The Morgan fingerprint density at radius 1 is 0.974 bits per heavy atom. The van der Waals surface area contributed by atoms with Crippen LogP contribution in [0.3, 0.4) is 0 Å². The van der Waals surface area contributed by atoms with Crippen molar-refractivity contribution >= 4 is 28.5 Å². The summed E-state index contributed by atoms with van der Waals surface area (Å²) in [5.41, 5.74) is 4.40. The molecule has 0 radical (unpaired) electrons. The summed E-state index contributed by atoms with van der Waals surface area (Å²) in [6, 6.07) is 23.2. The van der Waals surface area contributed by atoms with Crippen molar-refractivity contribution in [1.82, 2.24) is 5.32 Å². The monoisotopic (exact) mass is 528 g/mol. The molecule has 0 fully saturated rings. The van der Waals surface area contributed by atoms with Crippen LogP contribution in [0.4, 0.5) is 5.69 Å². The summed E-state index contributed by atoms with van der Waals surface area (Å²) in [5.74, 6) is 1.36. The number of ether oxygens (including phenoxy) is 2. The number of nitrogens with one attached hydrogen (secondary N) is 2. The number of fused-ring (bicyclic) bond motifs is 1. The Balaban J connectivity index is 1.43. The molecule has 1 amide bonds. The highest BCUT2D eigenvalue weighted by Crippen LogP contribution is 2.36. The van der Waals surface area contributed by atoms with Gasteiger partial charge in [-0.1, -0.05) is 44.2 Å². The first kappa shape index (κ1) is 27.8. The van der Waals surface area contributed by atoms with Crippen molar-refractivity contribution < 1.29 is 23.5 Å². The number of hydrogen-bond donors (Lipinski definition) is 2. The van der Waals surface area contributed by atoms with Crippen LogP contribution in [0.5, 0.6) is 5.75 Å². The van der Waals surface area contributed by atoms with Crippen LogP contribution < -0.4 is 15.4 Å². The maximum atomic E-state index is 12.4. The number of amides is 1. The van der Waals surface area contributed by atoms with Gasteiger partial charge in [0.05, 0.1) is 19.1 Å². The lowest BCUT2D eigenvalue weighted by molar-refractivity contribution is -0.142. The van der Waals surface area contributed by atoms with Gasteiger partial charge in [-0.25, -0.2) is 0 Å². The zero-order chi connectivity index (χ0) is 27.8. The van der Waals surface area contributed by atoms with Crippen LogP contribution in [0.15, 0.2) is 77.2 Å². The predicted octanol–water partition coefficient (Wildman–Crippen LogP) is 6.81. The molecule has 2 N–H and O–H groups in total. The van der Waals surface area contributed by atoms with Gasteiger partial charge >= 0.3 is 5.97 Å². The Kier molecular flexibility index (Phi) is 9.26. The van der Waals surface area contributed by atoms with Gasteiger partial charge < -0.3 is 24.5 Å². The lowest BCUT2D eigenvalue weighted by Crippen LogP contribution is -2.26. The molecule has 0 aliphatic carbocycles. The van der Waals surface area contributed by atoms with Crippen molar-refractivity contribution in [2.75, 3.05) is 18.5 Å². The van der Waals surface area contributed by atoms with Crippen LogP contribution in [0.2, 0.25) is 0 Å². The first-order valence-electron chi connectivity index (χ1n) is 13.4. The number of benzene rings is 3. The summed E-state index contributed by atoms with van der Waals surface area (Å²) in [7, 11) is 0. The van der Waals surface area contributed by atoms with Crippen LogP contribution >= 0.6 is 0 Å². The van der Waals surface area contributed by atoms with Gasteiger partial charge in [0.1, 0.15) is 23.7 Å². The number of furan rings is 1. The molecule has 7 nitrogen and oxygen atoms in total. The molecule has 4 rings (SSSR count). The van der Waals surface area contributed by atoms with E-state index in [2.05, 4.69) is 31.4 Å². The Labute approximate surface area is 229 Å². The molecule has 1 atom stereocenters. The normalized spacial score (nSPS) is 11.8. The Hall–Kier alpha value is -4.26. The highest BCUT2D eigenvalue weighted by atomic mass is 16.5.